The van der Waals surface area contributed by atoms with Crippen LogP contribution < -0.4 is 14.8 Å². The van der Waals surface area contributed by atoms with Crippen LogP contribution in [0.2, 0.25) is 0 Å². The van der Waals surface area contributed by atoms with Gasteiger partial charge in [0.05, 0.1) is 0 Å². The van der Waals surface area contributed by atoms with Crippen molar-refractivity contribution < 1.29 is 13.9 Å². The molecule has 0 spiro atoms. The smallest absolute Gasteiger partial charge is 0.197 e. The van der Waals surface area contributed by atoms with Crippen molar-refractivity contribution in [3.63, 3.8) is 0 Å². The van der Waals surface area contributed by atoms with E-state index in [1.807, 2.05) is 12.1 Å². The van der Waals surface area contributed by atoms with Crippen LogP contribution in [0.25, 0.3) is 0 Å². The molecule has 0 aromatic heterocycles. The number of benzene rings is 1. The van der Waals surface area contributed by atoms with Crippen LogP contribution in [-0.2, 0) is 0 Å². The number of hydrogen-bond acceptors (Lipinski definition) is 3. The summed E-state index contributed by atoms with van der Waals surface area (Å²) in [5.41, 5.74) is 0.774. The second-order valence-corrected chi connectivity index (χ2v) is 4.52. The van der Waals surface area contributed by atoms with E-state index in [9.17, 15) is 4.39 Å². The number of piperidine rings is 1. The average Bonchev–Trinajstić information content (AvgIpc) is 2.40. The summed E-state index contributed by atoms with van der Waals surface area (Å²) >= 11 is 0. The summed E-state index contributed by atoms with van der Waals surface area (Å²) in [6.45, 7) is 2.84. The summed E-state index contributed by atoms with van der Waals surface area (Å²) in [5.74, 6) is 0.903. The lowest BCUT2D eigenvalue weighted by molar-refractivity contribution is 0.163. The van der Waals surface area contributed by atoms with Crippen LogP contribution in [-0.4, -0.2) is 26.3 Å². The topological polar surface area (TPSA) is 30.5 Å². The molecule has 17 heavy (non-hydrogen) atoms. The second kappa shape index (κ2) is 4.53. The Morgan fingerprint density at radius 1 is 1.12 bits per heavy atom. The van der Waals surface area contributed by atoms with Crippen LogP contribution in [0, 0.1) is 5.82 Å². The lowest BCUT2D eigenvalue weighted by atomic mass is 9.89. The Morgan fingerprint density at radius 3 is 2.71 bits per heavy atom. The molecule has 0 saturated carbocycles. The zero-order valence-corrected chi connectivity index (χ0v) is 9.67. The van der Waals surface area contributed by atoms with Gasteiger partial charge in [-0.15, -0.1) is 0 Å². The molecule has 3 rings (SSSR count). The predicted molar refractivity (Wildman–Crippen MR) is 62.2 cm³/mol. The third-order valence-corrected chi connectivity index (χ3v) is 3.46. The highest BCUT2D eigenvalue weighted by molar-refractivity contribution is 5.46. The molecule has 2 aliphatic rings. The number of nitrogens with one attached hydrogen (secondary N) is 1. The molecular weight excluding hydrogens is 221 g/mol. The zero-order valence-electron chi connectivity index (χ0n) is 9.67. The zero-order chi connectivity index (χ0) is 11.7. The van der Waals surface area contributed by atoms with E-state index in [0.717, 1.165) is 31.5 Å². The Kier molecular flexibility index (Phi) is 2.89. The largest absolute Gasteiger partial charge is 0.486 e. The van der Waals surface area contributed by atoms with Gasteiger partial charge in [-0.05, 0) is 43.5 Å². The van der Waals surface area contributed by atoms with Crippen molar-refractivity contribution in [2.24, 2.45) is 0 Å². The monoisotopic (exact) mass is 237 g/mol. The van der Waals surface area contributed by atoms with E-state index < -0.39 is 0 Å². The molecule has 0 radical (unpaired) electrons. The minimum Gasteiger partial charge on any atom is -0.486 e. The molecule has 3 nitrogen and oxygen atoms in total. The van der Waals surface area contributed by atoms with Crippen LogP contribution in [0.1, 0.15) is 24.3 Å². The fourth-order valence-electron chi connectivity index (χ4n) is 2.55. The van der Waals surface area contributed by atoms with Crippen LogP contribution in [0.3, 0.4) is 0 Å². The number of halogens is 1. The van der Waals surface area contributed by atoms with Gasteiger partial charge < -0.3 is 14.8 Å². The van der Waals surface area contributed by atoms with Gasteiger partial charge in [-0.25, -0.2) is 4.39 Å². The first-order valence-electron chi connectivity index (χ1n) is 6.15. The summed E-state index contributed by atoms with van der Waals surface area (Å²) in [5, 5.41) is 3.29. The van der Waals surface area contributed by atoms with Gasteiger partial charge in [0.25, 0.3) is 0 Å². The SMILES string of the molecule is Fc1c(C2CCNCC2)ccc2c1OCCO2. The van der Waals surface area contributed by atoms with E-state index in [2.05, 4.69) is 5.32 Å². The Morgan fingerprint density at radius 2 is 1.88 bits per heavy atom. The summed E-state index contributed by atoms with van der Waals surface area (Å²) in [6, 6.07) is 3.67. The maximum atomic E-state index is 14.3. The maximum Gasteiger partial charge on any atom is 0.197 e. The molecule has 0 aliphatic carbocycles. The number of rotatable bonds is 1. The van der Waals surface area contributed by atoms with Gasteiger partial charge in [-0.3, -0.25) is 0 Å². The van der Waals surface area contributed by atoms with Gasteiger partial charge >= 0.3 is 0 Å². The Hall–Kier alpha value is -1.29. The normalized spacial score (nSPS) is 20.3. The van der Waals surface area contributed by atoms with Crippen LogP contribution in [0.15, 0.2) is 12.1 Å². The van der Waals surface area contributed by atoms with Crippen molar-refractivity contribution in [3.05, 3.63) is 23.5 Å². The standard InChI is InChI=1S/C13H16FNO2/c14-12-10(9-3-5-15-6-4-9)1-2-11-13(12)17-8-7-16-11/h1-2,9,15H,3-8H2. The summed E-state index contributed by atoms with van der Waals surface area (Å²) < 4.78 is 25.1. The van der Waals surface area contributed by atoms with E-state index in [1.54, 1.807) is 0 Å². The first-order valence-corrected chi connectivity index (χ1v) is 6.15. The van der Waals surface area contributed by atoms with Crippen molar-refractivity contribution in [2.75, 3.05) is 26.3 Å². The molecule has 1 saturated heterocycles. The third kappa shape index (κ3) is 1.97. The molecule has 0 unspecified atom stereocenters. The summed E-state index contributed by atoms with van der Waals surface area (Å²) in [7, 11) is 0. The number of fused-ring (bicyclic) bond motifs is 1. The average molecular weight is 237 g/mol. The van der Waals surface area contributed by atoms with Crippen LogP contribution >= 0.6 is 0 Å². The molecule has 1 aromatic carbocycles. The fraction of sp³-hybridized carbons (Fsp3) is 0.538. The highest BCUT2D eigenvalue weighted by atomic mass is 19.1. The number of ether oxygens (including phenoxy) is 2. The Balaban J connectivity index is 1.94. The molecule has 0 atom stereocenters. The molecule has 0 amide bonds. The number of hydrogen-bond donors (Lipinski definition) is 1. The van der Waals surface area contributed by atoms with Crippen molar-refractivity contribution in [3.8, 4) is 11.5 Å². The minimum absolute atomic E-state index is 0.228. The first kappa shape index (κ1) is 10.8. The third-order valence-electron chi connectivity index (χ3n) is 3.46. The minimum atomic E-state index is -0.228. The van der Waals surface area contributed by atoms with Crippen molar-refractivity contribution in [2.45, 2.75) is 18.8 Å². The molecule has 1 fully saturated rings. The van der Waals surface area contributed by atoms with Crippen molar-refractivity contribution in [1.82, 2.24) is 5.32 Å². The van der Waals surface area contributed by atoms with Gasteiger partial charge in [0.1, 0.15) is 13.2 Å². The maximum absolute atomic E-state index is 14.3. The highest BCUT2D eigenvalue weighted by Gasteiger charge is 2.24. The predicted octanol–water partition coefficient (Wildman–Crippen LogP) is 2.06. The van der Waals surface area contributed by atoms with E-state index >= 15 is 0 Å². The van der Waals surface area contributed by atoms with Gasteiger partial charge in [-0.1, -0.05) is 6.07 Å². The molecule has 1 N–H and O–H groups in total. The van der Waals surface area contributed by atoms with E-state index in [4.69, 9.17) is 9.47 Å². The molecule has 1 aromatic rings. The fourth-order valence-corrected chi connectivity index (χ4v) is 2.55. The summed E-state index contributed by atoms with van der Waals surface area (Å²) in [6.07, 6.45) is 1.97. The quantitative estimate of drug-likeness (QED) is 0.811. The Labute approximate surface area is 99.9 Å². The molecule has 0 bridgehead atoms. The lowest BCUT2D eigenvalue weighted by Crippen LogP contribution is -2.27. The van der Waals surface area contributed by atoms with Gasteiger partial charge in [0.2, 0.25) is 0 Å². The highest BCUT2D eigenvalue weighted by Crippen LogP contribution is 2.38. The van der Waals surface area contributed by atoms with Crippen molar-refractivity contribution >= 4 is 0 Å². The first-order chi connectivity index (χ1) is 8.36. The Bertz CT molecular complexity index is 416. The molecule has 4 heteroatoms. The molecule has 2 aliphatic heterocycles. The van der Waals surface area contributed by atoms with E-state index in [-0.39, 0.29) is 5.82 Å². The van der Waals surface area contributed by atoms with Crippen LogP contribution in [0.4, 0.5) is 4.39 Å². The van der Waals surface area contributed by atoms with Gasteiger partial charge in [-0.2, -0.15) is 0 Å². The summed E-state index contributed by atoms with van der Waals surface area (Å²) in [4.78, 5) is 0. The van der Waals surface area contributed by atoms with Gasteiger partial charge in [0, 0.05) is 0 Å². The molecule has 2 heterocycles. The van der Waals surface area contributed by atoms with Crippen molar-refractivity contribution in [1.29, 1.82) is 0 Å². The van der Waals surface area contributed by atoms with Gasteiger partial charge in [0.15, 0.2) is 17.3 Å². The van der Waals surface area contributed by atoms with Crippen LogP contribution in [0.5, 0.6) is 11.5 Å². The lowest BCUT2D eigenvalue weighted by Gasteiger charge is -2.26. The molecule has 92 valence electrons. The second-order valence-electron chi connectivity index (χ2n) is 4.52. The molecular formula is C13H16FNO2. The van der Waals surface area contributed by atoms with E-state index in [1.165, 1.54) is 0 Å². The van der Waals surface area contributed by atoms with E-state index in [0.29, 0.717) is 30.6 Å².